The van der Waals surface area contributed by atoms with Gasteiger partial charge in [0.2, 0.25) is 11.8 Å². The SMILES string of the molecule is O=C(CN1CCN(CC(=O)N2CCCCC2)CC1)Nc1ccc(F)cc1. The first-order valence-corrected chi connectivity index (χ1v) is 9.38. The van der Waals surface area contributed by atoms with Crippen LogP contribution in [0.2, 0.25) is 0 Å². The van der Waals surface area contributed by atoms with Crippen LogP contribution >= 0.6 is 0 Å². The van der Waals surface area contributed by atoms with Crippen molar-refractivity contribution >= 4 is 17.5 Å². The van der Waals surface area contributed by atoms with Crippen molar-refractivity contribution in [2.24, 2.45) is 0 Å². The third-order valence-electron chi connectivity index (χ3n) is 5.03. The summed E-state index contributed by atoms with van der Waals surface area (Å²) < 4.78 is 12.9. The number of benzene rings is 1. The highest BCUT2D eigenvalue weighted by Crippen LogP contribution is 2.11. The number of anilines is 1. The predicted molar refractivity (Wildman–Crippen MR) is 98.3 cm³/mol. The standard InChI is InChI=1S/C19H27FN4O2/c20-16-4-6-17(7-5-16)21-18(25)14-22-10-12-23(13-11-22)15-19(26)24-8-2-1-3-9-24/h4-7H,1-3,8-15H2,(H,21,25). The van der Waals surface area contributed by atoms with Crippen LogP contribution in [-0.4, -0.2) is 78.9 Å². The van der Waals surface area contributed by atoms with Crippen LogP contribution in [0.5, 0.6) is 0 Å². The van der Waals surface area contributed by atoms with Gasteiger partial charge in [0, 0.05) is 45.0 Å². The first-order valence-electron chi connectivity index (χ1n) is 9.38. The smallest absolute Gasteiger partial charge is 0.238 e. The van der Waals surface area contributed by atoms with Crippen molar-refractivity contribution in [1.29, 1.82) is 0 Å². The van der Waals surface area contributed by atoms with Gasteiger partial charge in [-0.15, -0.1) is 0 Å². The molecule has 0 saturated carbocycles. The van der Waals surface area contributed by atoms with Gasteiger partial charge >= 0.3 is 0 Å². The number of nitrogens with zero attached hydrogens (tertiary/aromatic N) is 3. The van der Waals surface area contributed by atoms with E-state index in [0.29, 0.717) is 18.8 Å². The fourth-order valence-electron chi connectivity index (χ4n) is 3.48. The van der Waals surface area contributed by atoms with Crippen molar-refractivity contribution in [3.05, 3.63) is 30.1 Å². The molecule has 2 heterocycles. The third-order valence-corrected chi connectivity index (χ3v) is 5.03. The fourth-order valence-corrected chi connectivity index (χ4v) is 3.48. The molecular formula is C19H27FN4O2. The molecule has 2 amide bonds. The summed E-state index contributed by atoms with van der Waals surface area (Å²) in [5, 5.41) is 2.78. The molecule has 3 rings (SSSR count). The molecule has 1 aromatic rings. The molecule has 0 aliphatic carbocycles. The van der Waals surface area contributed by atoms with Crippen LogP contribution in [0, 0.1) is 5.82 Å². The number of amides is 2. The number of hydrogen-bond donors (Lipinski definition) is 1. The van der Waals surface area contributed by atoms with Gasteiger partial charge in [-0.05, 0) is 43.5 Å². The van der Waals surface area contributed by atoms with Gasteiger partial charge in [0.1, 0.15) is 5.82 Å². The van der Waals surface area contributed by atoms with Crippen molar-refractivity contribution in [3.8, 4) is 0 Å². The number of carbonyl (C=O) groups excluding carboxylic acids is 2. The largest absolute Gasteiger partial charge is 0.342 e. The zero-order chi connectivity index (χ0) is 18.4. The van der Waals surface area contributed by atoms with E-state index in [1.807, 2.05) is 4.90 Å². The summed E-state index contributed by atoms with van der Waals surface area (Å²) in [7, 11) is 0. The maximum Gasteiger partial charge on any atom is 0.238 e. The molecule has 0 bridgehead atoms. The van der Waals surface area contributed by atoms with Crippen molar-refractivity contribution in [3.63, 3.8) is 0 Å². The Morgan fingerprint density at radius 3 is 2.04 bits per heavy atom. The lowest BCUT2D eigenvalue weighted by atomic mass is 10.1. The Kier molecular flexibility index (Phi) is 6.57. The molecule has 6 nitrogen and oxygen atoms in total. The van der Waals surface area contributed by atoms with Gasteiger partial charge in [-0.2, -0.15) is 0 Å². The van der Waals surface area contributed by atoms with Crippen LogP contribution in [0.4, 0.5) is 10.1 Å². The zero-order valence-electron chi connectivity index (χ0n) is 15.1. The number of likely N-dealkylation sites (tertiary alicyclic amines) is 1. The van der Waals surface area contributed by atoms with Crippen LogP contribution in [0.25, 0.3) is 0 Å². The summed E-state index contributed by atoms with van der Waals surface area (Å²) in [4.78, 5) is 30.7. The molecule has 2 fully saturated rings. The molecule has 2 aliphatic rings. The lowest BCUT2D eigenvalue weighted by Gasteiger charge is -2.35. The molecule has 2 saturated heterocycles. The summed E-state index contributed by atoms with van der Waals surface area (Å²) in [5.41, 5.74) is 0.599. The van der Waals surface area contributed by atoms with Crippen LogP contribution in [0.3, 0.4) is 0 Å². The highest BCUT2D eigenvalue weighted by atomic mass is 19.1. The summed E-state index contributed by atoms with van der Waals surface area (Å²) in [5.74, 6) is -0.195. The Morgan fingerprint density at radius 2 is 1.42 bits per heavy atom. The molecule has 7 heteroatoms. The van der Waals surface area contributed by atoms with E-state index >= 15 is 0 Å². The fraction of sp³-hybridized carbons (Fsp3) is 0.579. The molecular weight excluding hydrogens is 335 g/mol. The highest BCUT2D eigenvalue weighted by molar-refractivity contribution is 5.92. The van der Waals surface area contributed by atoms with Crippen molar-refractivity contribution < 1.29 is 14.0 Å². The van der Waals surface area contributed by atoms with Gasteiger partial charge in [-0.3, -0.25) is 19.4 Å². The molecule has 0 atom stereocenters. The van der Waals surface area contributed by atoms with Crippen LogP contribution in [-0.2, 0) is 9.59 Å². The summed E-state index contributed by atoms with van der Waals surface area (Å²) in [6, 6.07) is 5.76. The molecule has 0 radical (unpaired) electrons. The van der Waals surface area contributed by atoms with Gasteiger partial charge in [-0.1, -0.05) is 0 Å². The van der Waals surface area contributed by atoms with Crippen LogP contribution < -0.4 is 5.32 Å². The Labute approximate surface area is 153 Å². The Bertz CT molecular complexity index is 608. The van der Waals surface area contributed by atoms with E-state index in [1.54, 1.807) is 12.1 Å². The van der Waals surface area contributed by atoms with Gasteiger partial charge in [0.05, 0.1) is 13.1 Å². The maximum atomic E-state index is 12.9. The second-order valence-electron chi connectivity index (χ2n) is 7.05. The number of piperazine rings is 1. The molecule has 2 aliphatic heterocycles. The van der Waals surface area contributed by atoms with E-state index in [1.165, 1.54) is 18.6 Å². The van der Waals surface area contributed by atoms with E-state index in [0.717, 1.165) is 52.1 Å². The monoisotopic (exact) mass is 362 g/mol. The van der Waals surface area contributed by atoms with Gasteiger partial charge in [0.15, 0.2) is 0 Å². The molecule has 0 aromatic heterocycles. The van der Waals surface area contributed by atoms with E-state index in [4.69, 9.17) is 0 Å². The van der Waals surface area contributed by atoms with Crippen LogP contribution in [0.1, 0.15) is 19.3 Å². The number of nitrogens with one attached hydrogen (secondary N) is 1. The van der Waals surface area contributed by atoms with E-state index in [2.05, 4.69) is 15.1 Å². The molecule has 1 N–H and O–H groups in total. The number of halogens is 1. The lowest BCUT2D eigenvalue weighted by molar-refractivity contribution is -0.134. The Morgan fingerprint density at radius 1 is 0.846 bits per heavy atom. The highest BCUT2D eigenvalue weighted by Gasteiger charge is 2.23. The normalized spacial score (nSPS) is 19.3. The predicted octanol–water partition coefficient (Wildman–Crippen LogP) is 1.39. The molecule has 1 aromatic carbocycles. The average molecular weight is 362 g/mol. The Hall–Kier alpha value is -1.99. The minimum absolute atomic E-state index is 0.102. The Balaban J connectivity index is 1.37. The van der Waals surface area contributed by atoms with Crippen molar-refractivity contribution in [2.45, 2.75) is 19.3 Å². The number of carbonyl (C=O) groups is 2. The van der Waals surface area contributed by atoms with Gasteiger partial charge < -0.3 is 10.2 Å². The molecule has 0 unspecified atom stereocenters. The van der Waals surface area contributed by atoms with Gasteiger partial charge in [-0.25, -0.2) is 4.39 Å². The number of rotatable bonds is 5. The molecule has 26 heavy (non-hydrogen) atoms. The summed E-state index contributed by atoms with van der Waals surface area (Å²) >= 11 is 0. The first kappa shape index (κ1) is 18.8. The second kappa shape index (κ2) is 9.09. The van der Waals surface area contributed by atoms with Crippen molar-refractivity contribution in [1.82, 2.24) is 14.7 Å². The maximum absolute atomic E-state index is 12.9. The number of hydrogen-bond acceptors (Lipinski definition) is 4. The second-order valence-corrected chi connectivity index (χ2v) is 7.05. The average Bonchev–Trinajstić information content (AvgIpc) is 2.66. The lowest BCUT2D eigenvalue weighted by Crippen LogP contribution is -2.51. The summed E-state index contributed by atoms with van der Waals surface area (Å²) in [6.45, 7) is 5.70. The van der Waals surface area contributed by atoms with Crippen molar-refractivity contribution in [2.75, 3.05) is 57.7 Å². The summed E-state index contributed by atoms with van der Waals surface area (Å²) in [6.07, 6.45) is 3.45. The minimum Gasteiger partial charge on any atom is -0.342 e. The van der Waals surface area contributed by atoms with E-state index < -0.39 is 0 Å². The topological polar surface area (TPSA) is 55.9 Å². The van der Waals surface area contributed by atoms with E-state index in [-0.39, 0.29) is 17.6 Å². The van der Waals surface area contributed by atoms with Gasteiger partial charge in [0.25, 0.3) is 0 Å². The number of piperidine rings is 1. The first-order chi connectivity index (χ1) is 12.6. The minimum atomic E-state index is -0.321. The quantitative estimate of drug-likeness (QED) is 0.860. The van der Waals surface area contributed by atoms with E-state index in [9.17, 15) is 14.0 Å². The molecule has 142 valence electrons. The zero-order valence-corrected chi connectivity index (χ0v) is 15.1. The third kappa shape index (κ3) is 5.51. The van der Waals surface area contributed by atoms with Crippen LogP contribution in [0.15, 0.2) is 24.3 Å². The molecule has 0 spiro atoms.